The highest BCUT2D eigenvalue weighted by Gasteiger charge is 2.08. The van der Waals surface area contributed by atoms with E-state index in [0.717, 1.165) is 17.6 Å². The lowest BCUT2D eigenvalue weighted by Gasteiger charge is -2.11. The molecule has 2 N–H and O–H groups in total. The molecule has 0 heterocycles. The molecule has 0 aliphatic rings. The largest absolute Gasteiger partial charge is 0.497 e. The summed E-state index contributed by atoms with van der Waals surface area (Å²) in [7, 11) is -1.78. The first-order valence-electron chi connectivity index (χ1n) is 8.42. The van der Waals surface area contributed by atoms with Gasteiger partial charge in [-0.05, 0) is 55.3 Å². The van der Waals surface area contributed by atoms with Crippen molar-refractivity contribution in [2.45, 2.75) is 19.8 Å². The number of sulfonamides is 1. The van der Waals surface area contributed by atoms with Gasteiger partial charge in [0.2, 0.25) is 15.9 Å². The average Bonchev–Trinajstić information content (AvgIpc) is 2.61. The van der Waals surface area contributed by atoms with Crippen molar-refractivity contribution in [3.05, 3.63) is 48.0 Å². The van der Waals surface area contributed by atoms with Crippen LogP contribution in [0.15, 0.2) is 42.5 Å². The molecule has 27 heavy (non-hydrogen) atoms. The Morgan fingerprint density at radius 3 is 2.37 bits per heavy atom. The van der Waals surface area contributed by atoms with Crippen LogP contribution in [-0.4, -0.2) is 34.3 Å². The van der Waals surface area contributed by atoms with E-state index < -0.39 is 10.0 Å². The summed E-state index contributed by atoms with van der Waals surface area (Å²) in [5.41, 5.74) is 1.75. The molecule has 0 spiro atoms. The molecule has 0 bridgehead atoms. The lowest BCUT2D eigenvalue weighted by atomic mass is 10.2. The number of carbonyl (C=O) groups is 1. The van der Waals surface area contributed by atoms with Crippen LogP contribution >= 0.6 is 0 Å². The molecular weight excluding hydrogens is 368 g/mol. The molecule has 0 saturated carbocycles. The number of methoxy groups -OCH3 is 1. The van der Waals surface area contributed by atoms with Gasteiger partial charge in [0, 0.05) is 12.1 Å². The molecule has 0 aliphatic heterocycles. The summed E-state index contributed by atoms with van der Waals surface area (Å²) in [4.78, 5) is 12.1. The molecule has 8 heteroatoms. The predicted octanol–water partition coefficient (Wildman–Crippen LogP) is 3.17. The van der Waals surface area contributed by atoms with Crippen LogP contribution in [0.3, 0.4) is 0 Å². The predicted molar refractivity (Wildman–Crippen MR) is 106 cm³/mol. The van der Waals surface area contributed by atoms with Crippen molar-refractivity contribution in [3.8, 4) is 11.5 Å². The Balaban J connectivity index is 1.80. The van der Waals surface area contributed by atoms with E-state index in [1.807, 2.05) is 24.3 Å². The Bertz CT molecular complexity index is 879. The van der Waals surface area contributed by atoms with Gasteiger partial charge in [0.15, 0.2) is 0 Å². The first kappa shape index (κ1) is 20.6. The van der Waals surface area contributed by atoms with Gasteiger partial charge >= 0.3 is 0 Å². The van der Waals surface area contributed by atoms with E-state index in [0.29, 0.717) is 36.6 Å². The van der Waals surface area contributed by atoms with Crippen molar-refractivity contribution >= 4 is 27.3 Å². The van der Waals surface area contributed by atoms with Crippen molar-refractivity contribution in [3.63, 3.8) is 0 Å². The van der Waals surface area contributed by atoms with E-state index in [9.17, 15) is 13.2 Å². The highest BCUT2D eigenvalue weighted by molar-refractivity contribution is 7.92. The fourth-order valence-electron chi connectivity index (χ4n) is 2.33. The number of carbonyl (C=O) groups excluding carboxylic acids is 1. The smallest absolute Gasteiger partial charge is 0.229 e. The SMILES string of the molecule is COc1ccc(OCCCC(=O)Nc2ccc(C)c(NS(C)(=O)=O)c2)cc1. The van der Waals surface area contributed by atoms with Crippen molar-refractivity contribution in [1.82, 2.24) is 0 Å². The Morgan fingerprint density at radius 1 is 1.07 bits per heavy atom. The van der Waals surface area contributed by atoms with E-state index in [4.69, 9.17) is 9.47 Å². The molecule has 0 aliphatic carbocycles. The minimum Gasteiger partial charge on any atom is -0.497 e. The van der Waals surface area contributed by atoms with Crippen molar-refractivity contribution in [1.29, 1.82) is 0 Å². The van der Waals surface area contributed by atoms with E-state index in [2.05, 4.69) is 10.0 Å². The maximum absolute atomic E-state index is 12.1. The van der Waals surface area contributed by atoms with Crippen molar-refractivity contribution in [2.75, 3.05) is 30.0 Å². The molecule has 0 atom stereocenters. The molecule has 7 nitrogen and oxygen atoms in total. The number of anilines is 2. The van der Waals surface area contributed by atoms with Crippen LogP contribution in [0, 0.1) is 6.92 Å². The van der Waals surface area contributed by atoms with Gasteiger partial charge in [0.05, 0.1) is 25.7 Å². The molecule has 0 radical (unpaired) electrons. The monoisotopic (exact) mass is 392 g/mol. The van der Waals surface area contributed by atoms with Gasteiger partial charge in [-0.15, -0.1) is 0 Å². The zero-order chi connectivity index (χ0) is 19.9. The maximum atomic E-state index is 12.1. The summed E-state index contributed by atoms with van der Waals surface area (Å²) in [6.07, 6.45) is 1.93. The Hall–Kier alpha value is -2.74. The standard InChI is InChI=1S/C19H24N2O5S/c1-14-6-7-15(13-18(14)21-27(3,23)24)20-19(22)5-4-12-26-17-10-8-16(25-2)9-11-17/h6-11,13,21H,4-5,12H2,1-3H3,(H,20,22). The van der Waals surface area contributed by atoms with Gasteiger partial charge in [-0.3, -0.25) is 9.52 Å². The Labute approximate surface area is 159 Å². The minimum atomic E-state index is -3.38. The van der Waals surface area contributed by atoms with Crippen LogP contribution in [0.1, 0.15) is 18.4 Å². The molecule has 146 valence electrons. The quantitative estimate of drug-likeness (QED) is 0.639. The Kier molecular flexibility index (Phi) is 7.06. The number of aryl methyl sites for hydroxylation is 1. The molecule has 1 amide bonds. The lowest BCUT2D eigenvalue weighted by molar-refractivity contribution is -0.116. The van der Waals surface area contributed by atoms with Gasteiger partial charge in [0.1, 0.15) is 11.5 Å². The van der Waals surface area contributed by atoms with Gasteiger partial charge in [0.25, 0.3) is 0 Å². The van der Waals surface area contributed by atoms with Gasteiger partial charge in [-0.25, -0.2) is 8.42 Å². The Morgan fingerprint density at radius 2 is 1.74 bits per heavy atom. The second-order valence-electron chi connectivity index (χ2n) is 6.08. The zero-order valence-electron chi connectivity index (χ0n) is 15.6. The summed E-state index contributed by atoms with van der Waals surface area (Å²) in [6, 6.07) is 12.3. The summed E-state index contributed by atoms with van der Waals surface area (Å²) in [6.45, 7) is 2.20. The first-order valence-corrected chi connectivity index (χ1v) is 10.3. The lowest BCUT2D eigenvalue weighted by Crippen LogP contribution is -2.14. The third-order valence-electron chi connectivity index (χ3n) is 3.69. The molecule has 0 unspecified atom stereocenters. The highest BCUT2D eigenvalue weighted by Crippen LogP contribution is 2.21. The fourth-order valence-corrected chi connectivity index (χ4v) is 2.95. The van der Waals surface area contributed by atoms with Gasteiger partial charge in [-0.1, -0.05) is 6.07 Å². The van der Waals surface area contributed by atoms with Crippen molar-refractivity contribution < 1.29 is 22.7 Å². The van der Waals surface area contributed by atoms with Crippen molar-refractivity contribution in [2.24, 2.45) is 0 Å². The molecule has 2 rings (SSSR count). The summed E-state index contributed by atoms with van der Waals surface area (Å²) >= 11 is 0. The number of benzene rings is 2. The van der Waals surface area contributed by atoms with Crippen LogP contribution < -0.4 is 19.5 Å². The van der Waals surface area contributed by atoms with Crippen LogP contribution in [0.5, 0.6) is 11.5 Å². The van der Waals surface area contributed by atoms with E-state index >= 15 is 0 Å². The summed E-state index contributed by atoms with van der Waals surface area (Å²) in [5.74, 6) is 1.30. The average molecular weight is 392 g/mol. The number of ether oxygens (including phenoxy) is 2. The molecule has 0 aromatic heterocycles. The normalized spacial score (nSPS) is 10.9. The molecule has 0 fully saturated rings. The van der Waals surface area contributed by atoms with Crippen LogP contribution in [0.4, 0.5) is 11.4 Å². The van der Waals surface area contributed by atoms with Gasteiger partial charge in [-0.2, -0.15) is 0 Å². The number of hydrogen-bond donors (Lipinski definition) is 2. The minimum absolute atomic E-state index is 0.164. The molecule has 0 saturated heterocycles. The summed E-state index contributed by atoms with van der Waals surface area (Å²) in [5, 5.41) is 2.76. The zero-order valence-corrected chi connectivity index (χ0v) is 16.4. The number of nitrogens with one attached hydrogen (secondary N) is 2. The first-order chi connectivity index (χ1) is 12.8. The number of hydrogen-bond acceptors (Lipinski definition) is 5. The number of rotatable bonds is 9. The second kappa shape index (κ2) is 9.27. The molecular formula is C19H24N2O5S. The van der Waals surface area contributed by atoms with E-state index in [-0.39, 0.29) is 5.91 Å². The third kappa shape index (κ3) is 7.18. The fraction of sp³-hybridized carbons (Fsp3) is 0.316. The molecule has 2 aromatic rings. The highest BCUT2D eigenvalue weighted by atomic mass is 32.2. The van der Waals surface area contributed by atoms with Crippen LogP contribution in [0.2, 0.25) is 0 Å². The topological polar surface area (TPSA) is 93.7 Å². The number of amides is 1. The third-order valence-corrected chi connectivity index (χ3v) is 4.28. The van der Waals surface area contributed by atoms with E-state index in [1.54, 1.807) is 32.2 Å². The molecule has 2 aromatic carbocycles. The van der Waals surface area contributed by atoms with Crippen LogP contribution in [0.25, 0.3) is 0 Å². The second-order valence-corrected chi connectivity index (χ2v) is 7.83. The van der Waals surface area contributed by atoms with Gasteiger partial charge < -0.3 is 14.8 Å². The maximum Gasteiger partial charge on any atom is 0.229 e. The summed E-state index contributed by atoms with van der Waals surface area (Å²) < 4.78 is 35.9. The van der Waals surface area contributed by atoms with E-state index in [1.165, 1.54) is 0 Å². The van der Waals surface area contributed by atoms with Crippen LogP contribution in [-0.2, 0) is 14.8 Å².